The van der Waals surface area contributed by atoms with Crippen LogP contribution in [0.1, 0.15) is 12.5 Å². The van der Waals surface area contributed by atoms with Gasteiger partial charge in [-0.15, -0.1) is 0 Å². The van der Waals surface area contributed by atoms with E-state index in [4.69, 9.17) is 0 Å². The topological polar surface area (TPSA) is 12.0 Å². The smallest absolute Gasteiger partial charge is 0.0320 e. The number of likely N-dealkylation sites (N-methyl/N-ethyl adjacent to an activating group) is 1. The summed E-state index contributed by atoms with van der Waals surface area (Å²) in [6.07, 6.45) is 1.11. The molecule has 0 saturated carbocycles. The minimum Gasteiger partial charge on any atom is -0.316 e. The first-order chi connectivity index (χ1) is 10.3. The third-order valence-electron chi connectivity index (χ3n) is 4.32. The van der Waals surface area contributed by atoms with E-state index in [1.165, 1.54) is 27.8 Å². The van der Waals surface area contributed by atoms with Crippen LogP contribution >= 0.6 is 23.5 Å². The quantitative estimate of drug-likeness (QED) is 0.907. The van der Waals surface area contributed by atoms with Gasteiger partial charge in [-0.2, -0.15) is 23.5 Å². The maximum Gasteiger partial charge on any atom is 0.0320 e. The van der Waals surface area contributed by atoms with Gasteiger partial charge in [0.2, 0.25) is 0 Å². The van der Waals surface area contributed by atoms with E-state index in [9.17, 15) is 0 Å². The van der Waals surface area contributed by atoms with Crippen molar-refractivity contribution in [2.45, 2.75) is 29.9 Å². The van der Waals surface area contributed by atoms with Gasteiger partial charge in [-0.1, -0.05) is 49.4 Å². The lowest BCUT2D eigenvalue weighted by Gasteiger charge is -2.34. The van der Waals surface area contributed by atoms with Gasteiger partial charge in [0, 0.05) is 28.0 Å². The van der Waals surface area contributed by atoms with Crippen molar-refractivity contribution in [2.24, 2.45) is 0 Å². The van der Waals surface area contributed by atoms with Crippen molar-refractivity contribution >= 4 is 34.3 Å². The molecule has 2 aromatic rings. The number of fused-ring (bicyclic) bond motifs is 1. The molecule has 0 bridgehead atoms. The van der Waals surface area contributed by atoms with Gasteiger partial charge in [0.1, 0.15) is 0 Å². The lowest BCUT2D eigenvalue weighted by molar-refractivity contribution is 0.532. The standard InChI is InChI=1S/C18H23NS2/c1-13-18(21-11-10-20-13)17(19-2)12-15-8-5-7-14-6-3-4-9-16(14)15/h3-9,13,17-19H,10-12H2,1-2H3. The molecule has 2 aromatic carbocycles. The normalized spacial score (nSPS) is 24.1. The number of thioether (sulfide) groups is 2. The van der Waals surface area contributed by atoms with E-state index < -0.39 is 0 Å². The van der Waals surface area contributed by atoms with Gasteiger partial charge in [-0.25, -0.2) is 0 Å². The highest BCUT2D eigenvalue weighted by atomic mass is 32.2. The van der Waals surface area contributed by atoms with E-state index in [0.29, 0.717) is 11.3 Å². The van der Waals surface area contributed by atoms with Crippen molar-refractivity contribution in [3.63, 3.8) is 0 Å². The Morgan fingerprint density at radius 1 is 1.10 bits per heavy atom. The fourth-order valence-electron chi connectivity index (χ4n) is 3.18. The molecule has 1 nitrogen and oxygen atoms in total. The van der Waals surface area contributed by atoms with Crippen LogP contribution in [0.4, 0.5) is 0 Å². The van der Waals surface area contributed by atoms with Crippen LogP contribution in [0.2, 0.25) is 0 Å². The molecule has 0 radical (unpaired) electrons. The molecule has 1 heterocycles. The molecule has 112 valence electrons. The summed E-state index contributed by atoms with van der Waals surface area (Å²) in [5.41, 5.74) is 1.47. The Morgan fingerprint density at radius 2 is 1.86 bits per heavy atom. The summed E-state index contributed by atoms with van der Waals surface area (Å²) in [6.45, 7) is 2.38. The lowest BCUT2D eigenvalue weighted by atomic mass is 9.96. The van der Waals surface area contributed by atoms with Crippen molar-refractivity contribution in [3.8, 4) is 0 Å². The molecular weight excluding hydrogens is 294 g/mol. The first-order valence-electron chi connectivity index (χ1n) is 7.66. The number of hydrogen-bond donors (Lipinski definition) is 1. The van der Waals surface area contributed by atoms with E-state index in [1.807, 2.05) is 0 Å². The second-order valence-electron chi connectivity index (χ2n) is 5.65. The molecule has 3 heteroatoms. The summed E-state index contributed by atoms with van der Waals surface area (Å²) in [7, 11) is 2.11. The lowest BCUT2D eigenvalue weighted by Crippen LogP contribution is -2.44. The fraction of sp³-hybridized carbons (Fsp3) is 0.444. The summed E-state index contributed by atoms with van der Waals surface area (Å²) in [5.74, 6) is 2.58. The van der Waals surface area contributed by atoms with Crippen LogP contribution < -0.4 is 5.32 Å². The Kier molecular flexibility index (Phi) is 5.15. The molecule has 3 unspecified atom stereocenters. The molecule has 0 spiro atoms. The summed E-state index contributed by atoms with van der Waals surface area (Å²) in [6, 6.07) is 16.0. The van der Waals surface area contributed by atoms with E-state index in [0.717, 1.165) is 11.7 Å². The molecule has 1 aliphatic rings. The number of nitrogens with one attached hydrogen (secondary N) is 1. The molecule has 1 fully saturated rings. The van der Waals surface area contributed by atoms with Crippen LogP contribution in [0.15, 0.2) is 42.5 Å². The summed E-state index contributed by atoms with van der Waals surface area (Å²) in [4.78, 5) is 0. The van der Waals surface area contributed by atoms with Crippen LogP contribution in [-0.2, 0) is 6.42 Å². The third-order valence-corrected chi connectivity index (χ3v) is 7.58. The molecule has 0 aliphatic carbocycles. The third kappa shape index (κ3) is 3.41. The van der Waals surface area contributed by atoms with Crippen LogP contribution in [0.3, 0.4) is 0 Å². The number of benzene rings is 2. The van der Waals surface area contributed by atoms with Gasteiger partial charge in [0.05, 0.1) is 0 Å². The van der Waals surface area contributed by atoms with Crippen molar-refractivity contribution in [2.75, 3.05) is 18.6 Å². The molecule has 3 atom stereocenters. The zero-order chi connectivity index (χ0) is 14.7. The highest BCUT2D eigenvalue weighted by molar-refractivity contribution is 8.07. The molecule has 3 rings (SSSR count). The molecule has 0 aromatic heterocycles. The summed E-state index contributed by atoms with van der Waals surface area (Å²) in [5, 5.41) is 7.77. The Morgan fingerprint density at radius 3 is 2.67 bits per heavy atom. The summed E-state index contributed by atoms with van der Waals surface area (Å²) < 4.78 is 0. The Labute approximate surface area is 136 Å². The SMILES string of the molecule is CNC(Cc1cccc2ccccc12)C1SCCSC1C. The molecule has 1 aliphatic heterocycles. The number of hydrogen-bond acceptors (Lipinski definition) is 3. The van der Waals surface area contributed by atoms with Crippen molar-refractivity contribution < 1.29 is 0 Å². The largest absolute Gasteiger partial charge is 0.316 e. The van der Waals surface area contributed by atoms with E-state index in [-0.39, 0.29) is 0 Å². The average molecular weight is 318 g/mol. The van der Waals surface area contributed by atoms with Crippen molar-refractivity contribution in [3.05, 3.63) is 48.0 Å². The van der Waals surface area contributed by atoms with Gasteiger partial charge in [-0.05, 0) is 29.8 Å². The van der Waals surface area contributed by atoms with Gasteiger partial charge in [0.15, 0.2) is 0 Å². The fourth-order valence-corrected chi connectivity index (χ4v) is 6.18. The van der Waals surface area contributed by atoms with Crippen LogP contribution in [0.5, 0.6) is 0 Å². The second kappa shape index (κ2) is 7.08. The van der Waals surface area contributed by atoms with Crippen LogP contribution in [0.25, 0.3) is 10.8 Å². The highest BCUT2D eigenvalue weighted by Crippen LogP contribution is 2.34. The monoisotopic (exact) mass is 317 g/mol. The molecular formula is C18H23NS2. The van der Waals surface area contributed by atoms with E-state index >= 15 is 0 Å². The Bertz CT molecular complexity index is 593. The predicted molar refractivity (Wildman–Crippen MR) is 98.7 cm³/mol. The average Bonchev–Trinajstić information content (AvgIpc) is 2.53. The first kappa shape index (κ1) is 15.3. The van der Waals surface area contributed by atoms with E-state index in [1.54, 1.807) is 0 Å². The first-order valence-corrected chi connectivity index (χ1v) is 9.76. The number of rotatable bonds is 4. The maximum absolute atomic E-state index is 3.58. The van der Waals surface area contributed by atoms with Crippen LogP contribution in [-0.4, -0.2) is 35.1 Å². The van der Waals surface area contributed by atoms with Gasteiger partial charge in [0.25, 0.3) is 0 Å². The highest BCUT2D eigenvalue weighted by Gasteiger charge is 2.29. The predicted octanol–water partition coefficient (Wildman–Crippen LogP) is 4.21. The van der Waals surface area contributed by atoms with Gasteiger partial charge in [-0.3, -0.25) is 0 Å². The zero-order valence-electron chi connectivity index (χ0n) is 12.7. The van der Waals surface area contributed by atoms with Crippen molar-refractivity contribution in [1.29, 1.82) is 0 Å². The molecule has 21 heavy (non-hydrogen) atoms. The zero-order valence-corrected chi connectivity index (χ0v) is 14.3. The van der Waals surface area contributed by atoms with Gasteiger partial charge < -0.3 is 5.32 Å². The second-order valence-corrected chi connectivity index (χ2v) is 8.42. The van der Waals surface area contributed by atoms with E-state index in [2.05, 4.69) is 85.3 Å². The summed E-state index contributed by atoms with van der Waals surface area (Å²) >= 11 is 4.27. The molecule has 0 amide bonds. The minimum absolute atomic E-state index is 0.545. The Balaban J connectivity index is 1.85. The van der Waals surface area contributed by atoms with Crippen LogP contribution in [0, 0.1) is 0 Å². The Hall–Kier alpha value is -0.640. The molecule has 1 N–H and O–H groups in total. The molecule has 1 saturated heterocycles. The van der Waals surface area contributed by atoms with Gasteiger partial charge >= 0.3 is 0 Å². The van der Waals surface area contributed by atoms with Crippen molar-refractivity contribution in [1.82, 2.24) is 5.32 Å². The minimum atomic E-state index is 0.545. The maximum atomic E-state index is 3.58.